The maximum absolute atomic E-state index is 12.4. The minimum Gasteiger partial charge on any atom is -0.493 e. The molecule has 0 aliphatic carbocycles. The number of hydrogen-bond acceptors (Lipinski definition) is 5. The summed E-state index contributed by atoms with van der Waals surface area (Å²) < 4.78 is 17.9. The van der Waals surface area contributed by atoms with Crippen molar-refractivity contribution in [2.24, 2.45) is 5.10 Å². The van der Waals surface area contributed by atoms with E-state index >= 15 is 0 Å². The van der Waals surface area contributed by atoms with Gasteiger partial charge in [0.25, 0.3) is 5.91 Å². The first kappa shape index (κ1) is 23.8. The minimum absolute atomic E-state index is 0.363. The SMILES string of the molecule is COc1ccc(C(=O)N/N=C/c2cc(Br)c(OCc3ccc(C)cc3)c(Br)c2)cc1OC. The van der Waals surface area contributed by atoms with Crippen LogP contribution in [-0.4, -0.2) is 26.3 Å². The van der Waals surface area contributed by atoms with Crippen molar-refractivity contribution in [3.8, 4) is 17.2 Å². The number of amides is 1. The fraction of sp³-hybridized carbons (Fsp3) is 0.167. The highest BCUT2D eigenvalue weighted by Crippen LogP contribution is 2.35. The highest BCUT2D eigenvalue weighted by Gasteiger charge is 2.11. The van der Waals surface area contributed by atoms with Crippen molar-refractivity contribution in [1.29, 1.82) is 0 Å². The summed E-state index contributed by atoms with van der Waals surface area (Å²) in [6.45, 7) is 2.50. The standard InChI is InChI=1S/C24H22Br2N2O4/c1-15-4-6-16(7-5-15)14-32-23-19(25)10-17(11-20(23)26)13-27-28-24(29)18-8-9-21(30-2)22(12-18)31-3/h4-13H,14H2,1-3H3,(H,28,29)/b27-13+. The van der Waals surface area contributed by atoms with Crippen LogP contribution in [0.5, 0.6) is 17.2 Å². The summed E-state index contributed by atoms with van der Waals surface area (Å²) in [5.74, 6) is 1.35. The van der Waals surface area contributed by atoms with Gasteiger partial charge >= 0.3 is 0 Å². The molecule has 0 saturated carbocycles. The van der Waals surface area contributed by atoms with Crippen LogP contribution in [0.15, 0.2) is 68.6 Å². The topological polar surface area (TPSA) is 69.2 Å². The second-order valence-electron chi connectivity index (χ2n) is 6.86. The van der Waals surface area contributed by atoms with E-state index < -0.39 is 0 Å². The molecule has 0 atom stereocenters. The van der Waals surface area contributed by atoms with Gasteiger partial charge in [-0.1, -0.05) is 29.8 Å². The van der Waals surface area contributed by atoms with Gasteiger partial charge in [-0.2, -0.15) is 5.10 Å². The largest absolute Gasteiger partial charge is 0.493 e. The molecule has 6 nitrogen and oxygen atoms in total. The van der Waals surface area contributed by atoms with Crippen molar-refractivity contribution in [3.05, 3.63) is 85.8 Å². The number of carbonyl (C=O) groups excluding carboxylic acids is 1. The molecular weight excluding hydrogens is 540 g/mol. The summed E-state index contributed by atoms with van der Waals surface area (Å²) in [7, 11) is 3.05. The molecule has 0 unspecified atom stereocenters. The molecule has 3 aromatic rings. The Balaban J connectivity index is 1.64. The van der Waals surface area contributed by atoms with Crippen molar-refractivity contribution in [2.75, 3.05) is 14.2 Å². The number of hydrazone groups is 1. The molecule has 32 heavy (non-hydrogen) atoms. The number of carbonyl (C=O) groups is 1. The van der Waals surface area contributed by atoms with Crippen LogP contribution in [-0.2, 0) is 6.61 Å². The van der Waals surface area contributed by atoms with E-state index in [2.05, 4.69) is 54.5 Å². The fourth-order valence-corrected chi connectivity index (χ4v) is 4.29. The first-order valence-electron chi connectivity index (χ1n) is 9.64. The lowest BCUT2D eigenvalue weighted by Gasteiger charge is -2.11. The monoisotopic (exact) mass is 560 g/mol. The van der Waals surface area contributed by atoms with E-state index in [4.69, 9.17) is 14.2 Å². The van der Waals surface area contributed by atoms with Crippen LogP contribution in [0.4, 0.5) is 0 Å². The van der Waals surface area contributed by atoms with Gasteiger partial charge in [-0.3, -0.25) is 4.79 Å². The third kappa shape index (κ3) is 6.11. The zero-order valence-corrected chi connectivity index (χ0v) is 21.0. The molecule has 0 spiro atoms. The van der Waals surface area contributed by atoms with Crippen molar-refractivity contribution in [2.45, 2.75) is 13.5 Å². The summed E-state index contributed by atoms with van der Waals surface area (Å²) in [5, 5.41) is 4.05. The van der Waals surface area contributed by atoms with E-state index in [1.165, 1.54) is 19.8 Å². The second-order valence-corrected chi connectivity index (χ2v) is 8.57. The van der Waals surface area contributed by atoms with E-state index in [1.54, 1.807) is 24.4 Å². The summed E-state index contributed by atoms with van der Waals surface area (Å²) in [6.07, 6.45) is 1.55. The van der Waals surface area contributed by atoms with Crippen LogP contribution >= 0.6 is 31.9 Å². The second kappa shape index (κ2) is 11.2. The van der Waals surface area contributed by atoms with Crippen molar-refractivity contribution < 1.29 is 19.0 Å². The number of aryl methyl sites for hydroxylation is 1. The van der Waals surface area contributed by atoms with Gasteiger partial charge in [0.1, 0.15) is 12.4 Å². The van der Waals surface area contributed by atoms with Crippen LogP contribution in [0.25, 0.3) is 0 Å². The van der Waals surface area contributed by atoms with Gasteiger partial charge < -0.3 is 14.2 Å². The number of hydrogen-bond donors (Lipinski definition) is 1. The zero-order valence-electron chi connectivity index (χ0n) is 17.8. The number of nitrogens with one attached hydrogen (secondary N) is 1. The predicted molar refractivity (Wildman–Crippen MR) is 132 cm³/mol. The summed E-state index contributed by atoms with van der Waals surface area (Å²) in [4.78, 5) is 12.4. The van der Waals surface area contributed by atoms with Gasteiger partial charge in [0.2, 0.25) is 0 Å². The maximum Gasteiger partial charge on any atom is 0.271 e. The first-order chi connectivity index (χ1) is 15.4. The number of benzene rings is 3. The number of methoxy groups -OCH3 is 2. The Morgan fingerprint density at radius 3 is 2.25 bits per heavy atom. The Morgan fingerprint density at radius 1 is 0.969 bits per heavy atom. The van der Waals surface area contributed by atoms with Crippen LogP contribution in [0.3, 0.4) is 0 Å². The third-order valence-electron chi connectivity index (χ3n) is 4.55. The zero-order chi connectivity index (χ0) is 23.1. The molecule has 3 aromatic carbocycles. The van der Waals surface area contributed by atoms with E-state index in [-0.39, 0.29) is 5.91 Å². The fourth-order valence-electron chi connectivity index (χ4n) is 2.84. The van der Waals surface area contributed by atoms with E-state index in [1.807, 2.05) is 31.2 Å². The molecule has 1 N–H and O–H groups in total. The Kier molecular flexibility index (Phi) is 8.30. The molecule has 0 saturated heterocycles. The Bertz CT molecular complexity index is 1110. The first-order valence-corrected chi connectivity index (χ1v) is 11.2. The smallest absolute Gasteiger partial charge is 0.271 e. The number of halogens is 2. The molecule has 166 valence electrons. The van der Waals surface area contributed by atoms with Gasteiger partial charge in [0.05, 0.1) is 29.4 Å². The number of ether oxygens (including phenoxy) is 3. The van der Waals surface area contributed by atoms with E-state index in [0.29, 0.717) is 29.4 Å². The molecule has 0 aliphatic rings. The van der Waals surface area contributed by atoms with E-state index in [0.717, 1.165) is 20.1 Å². The Labute approximate surface area is 203 Å². The van der Waals surface area contributed by atoms with Crippen LogP contribution in [0.1, 0.15) is 27.0 Å². The number of nitrogens with zero attached hydrogens (tertiary/aromatic N) is 1. The Hall–Kier alpha value is -2.84. The van der Waals surface area contributed by atoms with Gasteiger partial charge in [-0.05, 0) is 80.2 Å². The summed E-state index contributed by atoms with van der Waals surface area (Å²) >= 11 is 7.08. The number of rotatable bonds is 8. The summed E-state index contributed by atoms with van der Waals surface area (Å²) in [6, 6.07) is 16.8. The lowest BCUT2D eigenvalue weighted by Crippen LogP contribution is -2.17. The Morgan fingerprint density at radius 2 is 1.62 bits per heavy atom. The molecular formula is C24H22Br2N2O4. The molecule has 0 fully saturated rings. The predicted octanol–water partition coefficient (Wildman–Crippen LogP) is 5.88. The summed E-state index contributed by atoms with van der Waals surface area (Å²) in [5.41, 5.74) is 5.98. The van der Waals surface area contributed by atoms with Crippen molar-refractivity contribution in [3.63, 3.8) is 0 Å². The van der Waals surface area contributed by atoms with Crippen LogP contribution in [0.2, 0.25) is 0 Å². The lowest BCUT2D eigenvalue weighted by atomic mass is 10.2. The quantitative estimate of drug-likeness (QED) is 0.275. The van der Waals surface area contributed by atoms with Gasteiger partial charge in [0, 0.05) is 5.56 Å². The normalized spacial score (nSPS) is 10.8. The third-order valence-corrected chi connectivity index (χ3v) is 5.73. The van der Waals surface area contributed by atoms with Gasteiger partial charge in [-0.15, -0.1) is 0 Å². The molecule has 3 rings (SSSR count). The van der Waals surface area contributed by atoms with Gasteiger partial charge in [0.15, 0.2) is 11.5 Å². The average Bonchev–Trinajstić information content (AvgIpc) is 2.79. The molecule has 0 radical (unpaired) electrons. The van der Waals surface area contributed by atoms with E-state index in [9.17, 15) is 4.79 Å². The van der Waals surface area contributed by atoms with Crippen molar-refractivity contribution >= 4 is 44.0 Å². The molecule has 0 aliphatic heterocycles. The highest BCUT2D eigenvalue weighted by molar-refractivity contribution is 9.11. The molecule has 0 heterocycles. The average molecular weight is 562 g/mol. The molecule has 1 amide bonds. The van der Waals surface area contributed by atoms with Crippen molar-refractivity contribution in [1.82, 2.24) is 5.43 Å². The molecule has 0 aromatic heterocycles. The molecule has 8 heteroatoms. The lowest BCUT2D eigenvalue weighted by molar-refractivity contribution is 0.0954. The molecule has 0 bridgehead atoms. The van der Waals surface area contributed by atoms with Gasteiger partial charge in [-0.25, -0.2) is 5.43 Å². The minimum atomic E-state index is -0.363. The van der Waals surface area contributed by atoms with Crippen LogP contribution in [0, 0.1) is 6.92 Å². The highest BCUT2D eigenvalue weighted by atomic mass is 79.9. The van der Waals surface area contributed by atoms with Crippen LogP contribution < -0.4 is 19.6 Å². The maximum atomic E-state index is 12.4.